The first-order chi connectivity index (χ1) is 14.8. The molecule has 0 bridgehead atoms. The minimum Gasteiger partial charge on any atom is -0.467 e. The summed E-state index contributed by atoms with van der Waals surface area (Å²) in [5.41, 5.74) is 0.184. The molecule has 2 N–H and O–H groups in total. The van der Waals surface area contributed by atoms with Gasteiger partial charge >= 0.3 is 12.1 Å². The van der Waals surface area contributed by atoms with Crippen LogP contribution in [0.2, 0.25) is 0 Å². The zero-order chi connectivity index (χ0) is 22.5. The van der Waals surface area contributed by atoms with Gasteiger partial charge < -0.3 is 20.1 Å². The van der Waals surface area contributed by atoms with Crippen molar-refractivity contribution in [1.82, 2.24) is 10.6 Å². The van der Waals surface area contributed by atoms with E-state index < -0.39 is 35.0 Å². The summed E-state index contributed by atoms with van der Waals surface area (Å²) in [4.78, 5) is 37.9. The Bertz CT molecular complexity index is 930. The maximum atomic E-state index is 13.1. The molecule has 7 heteroatoms. The second kappa shape index (κ2) is 9.20. The fourth-order valence-corrected chi connectivity index (χ4v) is 3.67. The highest BCUT2D eigenvalue weighted by molar-refractivity contribution is 5.95. The van der Waals surface area contributed by atoms with Gasteiger partial charge in [-0.3, -0.25) is 4.79 Å². The van der Waals surface area contributed by atoms with E-state index in [9.17, 15) is 14.4 Å². The quantitative estimate of drug-likeness (QED) is 0.636. The number of carbonyl (C=O) groups excluding carboxylic acids is 3. The van der Waals surface area contributed by atoms with Crippen LogP contribution in [0.5, 0.6) is 0 Å². The minimum absolute atomic E-state index is 0.0888. The number of hydrogen-bond acceptors (Lipinski definition) is 5. The molecule has 0 saturated heterocycles. The summed E-state index contributed by atoms with van der Waals surface area (Å²) in [7, 11) is 1.30. The highest BCUT2D eigenvalue weighted by Gasteiger charge is 2.68. The Labute approximate surface area is 182 Å². The van der Waals surface area contributed by atoms with Crippen molar-refractivity contribution >= 4 is 18.0 Å². The molecule has 0 radical (unpaired) electrons. The van der Waals surface area contributed by atoms with E-state index in [4.69, 9.17) is 9.47 Å². The van der Waals surface area contributed by atoms with E-state index in [1.165, 1.54) is 7.11 Å². The van der Waals surface area contributed by atoms with E-state index >= 15 is 0 Å². The Morgan fingerprint density at radius 3 is 2.03 bits per heavy atom. The lowest BCUT2D eigenvalue weighted by atomic mass is 10.0. The number of amides is 2. The maximum absolute atomic E-state index is 13.1. The molecule has 2 atom stereocenters. The summed E-state index contributed by atoms with van der Waals surface area (Å²) in [5.74, 6) is -0.951. The SMILES string of the molecule is COC(=O)[C@]1(NC(=O)[C@H](Cc2ccccc2)NC(=O)OCc2ccccc2)CC1(C)C. The molecule has 0 heterocycles. The van der Waals surface area contributed by atoms with E-state index in [1.54, 1.807) is 0 Å². The van der Waals surface area contributed by atoms with Crippen LogP contribution in [0.1, 0.15) is 31.4 Å². The van der Waals surface area contributed by atoms with Gasteiger partial charge in [0.25, 0.3) is 0 Å². The highest BCUT2D eigenvalue weighted by Crippen LogP contribution is 2.56. The first-order valence-electron chi connectivity index (χ1n) is 10.2. The number of esters is 1. The summed E-state index contributed by atoms with van der Waals surface area (Å²) < 4.78 is 10.2. The summed E-state index contributed by atoms with van der Waals surface area (Å²) in [6.45, 7) is 3.86. The second-order valence-corrected chi connectivity index (χ2v) is 8.40. The molecule has 0 aromatic heterocycles. The van der Waals surface area contributed by atoms with Crippen LogP contribution in [0.4, 0.5) is 4.79 Å². The predicted molar refractivity (Wildman–Crippen MR) is 115 cm³/mol. The van der Waals surface area contributed by atoms with Crippen LogP contribution in [0.3, 0.4) is 0 Å². The van der Waals surface area contributed by atoms with Crippen molar-refractivity contribution in [3.8, 4) is 0 Å². The smallest absolute Gasteiger partial charge is 0.408 e. The minimum atomic E-state index is -1.09. The summed E-state index contributed by atoms with van der Waals surface area (Å²) in [6.07, 6.45) is 0.0156. The van der Waals surface area contributed by atoms with E-state index in [1.807, 2.05) is 74.5 Å². The number of methoxy groups -OCH3 is 1. The molecule has 164 valence electrons. The fourth-order valence-electron chi connectivity index (χ4n) is 3.67. The lowest BCUT2D eigenvalue weighted by Crippen LogP contribution is -2.55. The molecule has 1 aliphatic rings. The Morgan fingerprint density at radius 1 is 0.968 bits per heavy atom. The van der Waals surface area contributed by atoms with Crippen LogP contribution in [0.15, 0.2) is 60.7 Å². The molecule has 0 aliphatic heterocycles. The van der Waals surface area contributed by atoms with E-state index in [-0.39, 0.29) is 13.0 Å². The molecule has 2 aromatic rings. The van der Waals surface area contributed by atoms with Gasteiger partial charge in [-0.05, 0) is 17.5 Å². The van der Waals surface area contributed by atoms with Crippen LogP contribution in [-0.2, 0) is 32.1 Å². The first kappa shape index (κ1) is 22.3. The van der Waals surface area contributed by atoms with Crippen LogP contribution in [0.25, 0.3) is 0 Å². The Hall–Kier alpha value is -3.35. The van der Waals surface area contributed by atoms with E-state index in [0.717, 1.165) is 11.1 Å². The average molecular weight is 424 g/mol. The number of benzene rings is 2. The number of hydrogen-bond donors (Lipinski definition) is 2. The van der Waals surface area contributed by atoms with Crippen molar-refractivity contribution < 1.29 is 23.9 Å². The lowest BCUT2D eigenvalue weighted by Gasteiger charge is -2.24. The molecule has 1 aliphatic carbocycles. The Morgan fingerprint density at radius 2 is 1.52 bits per heavy atom. The van der Waals surface area contributed by atoms with Crippen molar-refractivity contribution in [3.63, 3.8) is 0 Å². The molecule has 3 rings (SSSR count). The Balaban J connectivity index is 1.70. The molecular weight excluding hydrogens is 396 g/mol. The molecule has 0 unspecified atom stereocenters. The third-order valence-electron chi connectivity index (χ3n) is 5.71. The van der Waals surface area contributed by atoms with Crippen LogP contribution in [0, 0.1) is 5.41 Å². The number of ether oxygens (including phenoxy) is 2. The van der Waals surface area contributed by atoms with Crippen LogP contribution < -0.4 is 10.6 Å². The third kappa shape index (κ3) is 5.23. The van der Waals surface area contributed by atoms with Gasteiger partial charge in [0.2, 0.25) is 5.91 Å². The molecule has 0 spiro atoms. The predicted octanol–water partition coefficient (Wildman–Crippen LogP) is 2.98. The van der Waals surface area contributed by atoms with Crippen molar-refractivity contribution in [2.75, 3.05) is 7.11 Å². The van der Waals surface area contributed by atoms with Gasteiger partial charge in [-0.25, -0.2) is 9.59 Å². The second-order valence-electron chi connectivity index (χ2n) is 8.40. The number of nitrogens with one attached hydrogen (secondary N) is 2. The summed E-state index contributed by atoms with van der Waals surface area (Å²) >= 11 is 0. The highest BCUT2D eigenvalue weighted by atomic mass is 16.5. The number of rotatable bonds is 8. The van der Waals surface area contributed by atoms with Gasteiger partial charge in [-0.2, -0.15) is 0 Å². The van der Waals surface area contributed by atoms with Gasteiger partial charge in [0, 0.05) is 11.8 Å². The van der Waals surface area contributed by atoms with Crippen molar-refractivity contribution in [3.05, 3.63) is 71.8 Å². The van der Waals surface area contributed by atoms with Crippen molar-refractivity contribution in [2.24, 2.45) is 5.41 Å². The fraction of sp³-hybridized carbons (Fsp3) is 0.375. The zero-order valence-corrected chi connectivity index (χ0v) is 18.0. The van der Waals surface area contributed by atoms with E-state index in [2.05, 4.69) is 10.6 Å². The summed E-state index contributed by atoms with van der Waals surface area (Å²) in [6, 6.07) is 17.7. The molecule has 2 amide bonds. The Kier molecular flexibility index (Phi) is 6.63. The first-order valence-corrected chi connectivity index (χ1v) is 10.2. The van der Waals surface area contributed by atoms with Gasteiger partial charge in [-0.1, -0.05) is 74.5 Å². The molecule has 31 heavy (non-hydrogen) atoms. The van der Waals surface area contributed by atoms with E-state index in [0.29, 0.717) is 6.42 Å². The summed E-state index contributed by atoms with van der Waals surface area (Å²) in [5, 5.41) is 5.47. The van der Waals surface area contributed by atoms with Crippen molar-refractivity contribution in [1.29, 1.82) is 0 Å². The topological polar surface area (TPSA) is 93.7 Å². The normalized spacial score (nSPS) is 19.6. The van der Waals surface area contributed by atoms with Crippen LogP contribution >= 0.6 is 0 Å². The van der Waals surface area contributed by atoms with Gasteiger partial charge in [0.1, 0.15) is 18.2 Å². The molecular formula is C24H28N2O5. The van der Waals surface area contributed by atoms with Crippen LogP contribution in [-0.4, -0.2) is 36.7 Å². The largest absolute Gasteiger partial charge is 0.467 e. The van der Waals surface area contributed by atoms with Gasteiger partial charge in [-0.15, -0.1) is 0 Å². The number of alkyl carbamates (subject to hydrolysis) is 1. The van der Waals surface area contributed by atoms with Gasteiger partial charge in [0.05, 0.1) is 7.11 Å². The third-order valence-corrected chi connectivity index (χ3v) is 5.71. The number of carbonyl (C=O) groups is 3. The lowest BCUT2D eigenvalue weighted by molar-refractivity contribution is -0.147. The molecule has 7 nitrogen and oxygen atoms in total. The molecule has 1 saturated carbocycles. The van der Waals surface area contributed by atoms with Gasteiger partial charge in [0.15, 0.2) is 0 Å². The molecule has 1 fully saturated rings. The van der Waals surface area contributed by atoms with Crippen molar-refractivity contribution in [2.45, 2.75) is 44.9 Å². The standard InChI is InChI=1S/C24H28N2O5/c1-23(2)16-24(23,21(28)30-3)26-20(27)19(14-17-10-6-4-7-11-17)25-22(29)31-15-18-12-8-5-9-13-18/h4-13,19H,14-16H2,1-3H3,(H,25,29)(H,26,27)/t19-,24+/m0/s1. The molecule has 2 aromatic carbocycles. The monoisotopic (exact) mass is 424 g/mol. The average Bonchev–Trinajstić information content (AvgIpc) is 3.33. The zero-order valence-electron chi connectivity index (χ0n) is 18.0. The maximum Gasteiger partial charge on any atom is 0.408 e.